The van der Waals surface area contributed by atoms with Gasteiger partial charge in [0, 0.05) is 31.3 Å². The van der Waals surface area contributed by atoms with Gasteiger partial charge in [-0.2, -0.15) is 0 Å². The molecule has 1 amide bonds. The highest BCUT2D eigenvalue weighted by Crippen LogP contribution is 2.53. The van der Waals surface area contributed by atoms with Gasteiger partial charge in [-0.25, -0.2) is 0 Å². The number of nitrogens with zero attached hydrogens (tertiary/aromatic N) is 2. The average Bonchev–Trinajstić information content (AvgIpc) is 2.90. The lowest BCUT2D eigenvalue weighted by molar-refractivity contribution is -0.274. The van der Waals surface area contributed by atoms with Crippen molar-refractivity contribution < 1.29 is 52.1 Å². The molecule has 4 N–H and O–H groups in total. The zero-order valence-corrected chi connectivity index (χ0v) is 24.1. The molecule has 3 aliphatic carbocycles. The molecule has 5 rings (SSSR count). The molecule has 234 valence electrons. The van der Waals surface area contributed by atoms with Crippen LogP contribution in [-0.4, -0.2) is 90.3 Å². The van der Waals surface area contributed by atoms with E-state index in [0.717, 1.165) is 12.1 Å². The van der Waals surface area contributed by atoms with Gasteiger partial charge in [-0.3, -0.25) is 28.9 Å². The fourth-order valence-corrected chi connectivity index (χ4v) is 7.11. The largest absolute Gasteiger partial charge is 0.573 e. The minimum absolute atomic E-state index is 0.0611. The maximum Gasteiger partial charge on any atom is 0.573 e. The third kappa shape index (κ3) is 4.63. The Bertz CT molecular complexity index is 1600. The van der Waals surface area contributed by atoms with Crippen LogP contribution in [0.2, 0.25) is 0 Å². The van der Waals surface area contributed by atoms with E-state index in [9.17, 15) is 47.4 Å². The summed E-state index contributed by atoms with van der Waals surface area (Å²) in [5.41, 5.74) is 3.46. The summed E-state index contributed by atoms with van der Waals surface area (Å²) >= 11 is 0. The van der Waals surface area contributed by atoms with Crippen LogP contribution < -0.4 is 15.4 Å². The number of anilines is 1. The third-order valence-corrected chi connectivity index (χ3v) is 8.92. The molecule has 0 aliphatic heterocycles. The number of Topliss-reactive ketones (excluding diaryl/α,β-unsaturated/α-hetero) is 4. The molecule has 44 heavy (non-hydrogen) atoms. The number of fused-ring (bicyclic) bond motifs is 3. The Morgan fingerprint density at radius 1 is 1.05 bits per heavy atom. The van der Waals surface area contributed by atoms with E-state index in [-0.39, 0.29) is 29.5 Å². The number of rotatable bonds is 5. The van der Waals surface area contributed by atoms with Crippen molar-refractivity contribution in [1.82, 2.24) is 4.90 Å². The number of phenols is 1. The molecule has 2 fully saturated rings. The number of carbonyl (C=O) groups excluding carboxylic acids is 5. The standard InChI is InChI=1S/C30H30F3N3O8/c1-35(2)18-11-15(12-5-7-14(8-6-12)44-30(31,32)33)23(37)20-16(18)9-13-10-17-22(36(3)4)25(39)21(28(34)42)27(41)29(17,43)26(40)19(13)24(20)38/h5-8,11,13,17,19,21-22,37,43H,9-10H2,1-4H3,(H2,34,42). The first-order valence-electron chi connectivity index (χ1n) is 13.7. The van der Waals surface area contributed by atoms with Crippen molar-refractivity contribution in [2.75, 3.05) is 33.1 Å². The van der Waals surface area contributed by atoms with Crippen LogP contribution in [0.15, 0.2) is 30.3 Å². The number of ether oxygens (including phenoxy) is 1. The molecule has 2 aromatic rings. The van der Waals surface area contributed by atoms with Crippen molar-refractivity contribution in [2.24, 2.45) is 29.4 Å². The van der Waals surface area contributed by atoms with Crippen molar-refractivity contribution >= 4 is 34.7 Å². The topological polar surface area (TPSA) is 168 Å². The first-order valence-corrected chi connectivity index (χ1v) is 13.7. The summed E-state index contributed by atoms with van der Waals surface area (Å²) in [6.45, 7) is 0. The van der Waals surface area contributed by atoms with Crippen LogP contribution in [0, 0.1) is 23.7 Å². The zero-order valence-electron chi connectivity index (χ0n) is 24.1. The number of aliphatic hydroxyl groups is 1. The SMILES string of the molecule is CN(C)c1cc(-c2ccc(OC(F)(F)F)cc2)c(O)c2c1CC1CC3C(N(C)C)C(=O)C(C(N)=O)C(=O)C3(O)C(=O)C1C2=O. The summed E-state index contributed by atoms with van der Waals surface area (Å²) < 4.78 is 41.9. The molecule has 2 saturated carbocycles. The second kappa shape index (κ2) is 10.4. The van der Waals surface area contributed by atoms with Gasteiger partial charge in [0.1, 0.15) is 11.5 Å². The van der Waals surface area contributed by atoms with Gasteiger partial charge in [-0.1, -0.05) is 12.1 Å². The lowest BCUT2D eigenvalue weighted by Crippen LogP contribution is -2.74. The molecule has 0 bridgehead atoms. The van der Waals surface area contributed by atoms with Gasteiger partial charge in [-0.15, -0.1) is 13.2 Å². The molecular weight excluding hydrogens is 587 g/mol. The number of ketones is 4. The fraction of sp³-hybridized carbons (Fsp3) is 0.433. The molecule has 0 saturated heterocycles. The zero-order chi connectivity index (χ0) is 32.6. The van der Waals surface area contributed by atoms with E-state index in [1.54, 1.807) is 25.1 Å². The Labute approximate surface area is 249 Å². The van der Waals surface area contributed by atoms with Crippen molar-refractivity contribution in [3.63, 3.8) is 0 Å². The minimum Gasteiger partial charge on any atom is -0.507 e. The molecule has 0 aromatic heterocycles. The number of primary amides is 1. The van der Waals surface area contributed by atoms with Crippen molar-refractivity contribution in [1.29, 1.82) is 0 Å². The van der Waals surface area contributed by atoms with Crippen LogP contribution in [0.4, 0.5) is 18.9 Å². The van der Waals surface area contributed by atoms with E-state index in [1.807, 2.05) is 0 Å². The normalized spacial score (nSPS) is 28.3. The quantitative estimate of drug-likeness (QED) is 0.419. The number of benzene rings is 2. The van der Waals surface area contributed by atoms with Crippen LogP contribution in [0.5, 0.6) is 11.5 Å². The second-order valence-electron chi connectivity index (χ2n) is 11.9. The number of aromatic hydroxyl groups is 1. The summed E-state index contributed by atoms with van der Waals surface area (Å²) in [4.78, 5) is 70.1. The Morgan fingerprint density at radius 3 is 2.18 bits per heavy atom. The summed E-state index contributed by atoms with van der Waals surface area (Å²) in [6, 6.07) is 4.96. The molecule has 14 heteroatoms. The maximum atomic E-state index is 14.1. The number of amides is 1. The summed E-state index contributed by atoms with van der Waals surface area (Å²) in [7, 11) is 6.37. The number of hydrogen-bond acceptors (Lipinski definition) is 10. The molecule has 0 spiro atoms. The van der Waals surface area contributed by atoms with Crippen molar-refractivity contribution in [2.45, 2.75) is 30.8 Å². The van der Waals surface area contributed by atoms with Gasteiger partial charge in [-0.05, 0) is 62.2 Å². The highest BCUT2D eigenvalue weighted by molar-refractivity contribution is 6.32. The van der Waals surface area contributed by atoms with E-state index >= 15 is 0 Å². The van der Waals surface area contributed by atoms with E-state index in [1.165, 1.54) is 31.1 Å². The molecule has 6 unspecified atom stereocenters. The average molecular weight is 618 g/mol. The van der Waals surface area contributed by atoms with Crippen LogP contribution in [-0.2, 0) is 25.6 Å². The highest BCUT2D eigenvalue weighted by atomic mass is 19.4. The maximum absolute atomic E-state index is 14.1. The first-order chi connectivity index (χ1) is 20.4. The molecule has 0 radical (unpaired) electrons. The van der Waals surface area contributed by atoms with E-state index in [0.29, 0.717) is 11.3 Å². The first kappa shape index (κ1) is 31.1. The number of halogens is 3. The fourth-order valence-electron chi connectivity index (χ4n) is 7.11. The van der Waals surface area contributed by atoms with Gasteiger partial charge in [0.25, 0.3) is 0 Å². The summed E-state index contributed by atoms with van der Waals surface area (Å²) in [6.07, 6.45) is -4.95. The van der Waals surface area contributed by atoms with Crippen LogP contribution in [0.1, 0.15) is 22.3 Å². The Morgan fingerprint density at radius 2 is 1.66 bits per heavy atom. The van der Waals surface area contributed by atoms with Crippen molar-refractivity contribution in [3.8, 4) is 22.6 Å². The van der Waals surface area contributed by atoms with Gasteiger partial charge in [0.2, 0.25) is 5.91 Å². The molecule has 2 aromatic carbocycles. The van der Waals surface area contributed by atoms with Gasteiger partial charge in [0.05, 0.1) is 17.5 Å². The molecular formula is C30H30F3N3O8. The second-order valence-corrected chi connectivity index (χ2v) is 11.9. The Balaban J connectivity index is 1.63. The van der Waals surface area contributed by atoms with Crippen molar-refractivity contribution in [3.05, 3.63) is 41.5 Å². The molecule has 3 aliphatic rings. The highest BCUT2D eigenvalue weighted by Gasteiger charge is 2.69. The lowest BCUT2D eigenvalue weighted by atomic mass is 9.52. The summed E-state index contributed by atoms with van der Waals surface area (Å²) in [5.74, 6) is -12.3. The summed E-state index contributed by atoms with van der Waals surface area (Å²) in [5, 5.41) is 23.1. The number of alkyl halides is 3. The van der Waals surface area contributed by atoms with Crippen LogP contribution >= 0.6 is 0 Å². The van der Waals surface area contributed by atoms with Crippen LogP contribution in [0.25, 0.3) is 11.1 Å². The molecule has 6 atom stereocenters. The number of phenolic OH excluding ortho intramolecular Hbond substituents is 1. The van der Waals surface area contributed by atoms with Crippen LogP contribution in [0.3, 0.4) is 0 Å². The predicted molar refractivity (Wildman–Crippen MR) is 148 cm³/mol. The lowest BCUT2D eigenvalue weighted by Gasteiger charge is -2.52. The van der Waals surface area contributed by atoms with E-state index in [2.05, 4.69) is 4.74 Å². The van der Waals surface area contributed by atoms with Gasteiger partial charge >= 0.3 is 6.36 Å². The monoisotopic (exact) mass is 617 g/mol. The molecule has 0 heterocycles. The minimum atomic E-state index is -4.91. The number of nitrogens with two attached hydrogens (primary N) is 1. The number of likely N-dealkylation sites (N-methyl/N-ethyl adjacent to an activating group) is 1. The van der Waals surface area contributed by atoms with E-state index in [4.69, 9.17) is 5.73 Å². The van der Waals surface area contributed by atoms with E-state index < -0.39 is 82.2 Å². The number of hydrogen-bond donors (Lipinski definition) is 3. The smallest absolute Gasteiger partial charge is 0.507 e. The number of carbonyl (C=O) groups is 5. The Kier molecular flexibility index (Phi) is 7.36. The molecule has 11 nitrogen and oxygen atoms in total. The third-order valence-electron chi connectivity index (χ3n) is 8.92. The van der Waals surface area contributed by atoms with Gasteiger partial charge in [0.15, 0.2) is 34.7 Å². The predicted octanol–water partition coefficient (Wildman–Crippen LogP) is 1.50. The Hall–Kier alpha value is -4.30. The van der Waals surface area contributed by atoms with Gasteiger partial charge < -0.3 is 25.6 Å².